The summed E-state index contributed by atoms with van der Waals surface area (Å²) in [4.78, 5) is 38.7. The molecule has 5 rings (SSSR count). The number of benzene rings is 3. The van der Waals surface area contributed by atoms with E-state index in [1.807, 2.05) is 30.3 Å². The van der Waals surface area contributed by atoms with Crippen LogP contribution in [0.25, 0.3) is 11.3 Å². The van der Waals surface area contributed by atoms with Gasteiger partial charge < -0.3 is 14.8 Å². The largest absolute Gasteiger partial charge is 0.505 e. The molecule has 1 aliphatic carbocycles. The Kier molecular flexibility index (Phi) is 4.48. The van der Waals surface area contributed by atoms with E-state index < -0.39 is 17.5 Å². The van der Waals surface area contributed by atoms with Crippen LogP contribution in [0.2, 0.25) is 0 Å². The fourth-order valence-electron chi connectivity index (χ4n) is 4.27. The smallest absolute Gasteiger partial charge is 0.336 e. The lowest BCUT2D eigenvalue weighted by molar-refractivity contribution is 0.0697. The quantitative estimate of drug-likeness (QED) is 0.447. The van der Waals surface area contributed by atoms with Crippen molar-refractivity contribution >= 4 is 17.5 Å². The highest BCUT2D eigenvalue weighted by molar-refractivity contribution is 6.29. The van der Waals surface area contributed by atoms with E-state index in [4.69, 9.17) is 0 Å². The van der Waals surface area contributed by atoms with Gasteiger partial charge in [0.05, 0.1) is 16.8 Å². The van der Waals surface area contributed by atoms with Gasteiger partial charge in [0.15, 0.2) is 11.5 Å². The second-order valence-corrected chi connectivity index (χ2v) is 7.55. The van der Waals surface area contributed by atoms with Gasteiger partial charge in [-0.15, -0.1) is 0 Å². The zero-order valence-corrected chi connectivity index (χ0v) is 16.8. The van der Waals surface area contributed by atoms with Gasteiger partial charge in [-0.2, -0.15) is 0 Å². The molecule has 2 N–H and O–H groups in total. The summed E-state index contributed by atoms with van der Waals surface area (Å²) in [5.74, 6) is -2.42. The van der Waals surface area contributed by atoms with Crippen molar-refractivity contribution in [3.8, 4) is 17.0 Å². The Morgan fingerprint density at radius 2 is 1.28 bits per heavy atom. The number of hydrogen-bond donors (Lipinski definition) is 2. The fraction of sp³-hybridized carbons (Fsp3) is 0.0385. The average Bonchev–Trinajstić information content (AvgIpc) is 3.10. The number of carboxylic acid groups (broad SMARTS) is 1. The molecule has 0 fully saturated rings. The van der Waals surface area contributed by atoms with Crippen molar-refractivity contribution in [2.75, 3.05) is 0 Å². The van der Waals surface area contributed by atoms with Gasteiger partial charge in [-0.25, -0.2) is 4.79 Å². The van der Waals surface area contributed by atoms with Gasteiger partial charge in [-0.1, -0.05) is 72.8 Å². The van der Waals surface area contributed by atoms with Gasteiger partial charge in [0, 0.05) is 23.2 Å². The predicted octanol–water partition coefficient (Wildman–Crippen LogP) is 4.38. The van der Waals surface area contributed by atoms with Gasteiger partial charge in [-0.05, 0) is 11.6 Å². The van der Waals surface area contributed by atoms with Crippen molar-refractivity contribution in [3.63, 3.8) is 0 Å². The van der Waals surface area contributed by atoms with Crippen LogP contribution in [0.4, 0.5) is 0 Å². The molecular weight excluding hydrogens is 406 g/mol. The molecule has 0 saturated heterocycles. The van der Waals surface area contributed by atoms with Crippen LogP contribution in [0.5, 0.6) is 5.75 Å². The van der Waals surface area contributed by atoms with Crippen LogP contribution >= 0.6 is 0 Å². The van der Waals surface area contributed by atoms with E-state index in [2.05, 4.69) is 0 Å². The molecule has 32 heavy (non-hydrogen) atoms. The van der Waals surface area contributed by atoms with Gasteiger partial charge in [0.1, 0.15) is 5.69 Å². The average molecular weight is 423 g/mol. The molecule has 0 radical (unpaired) electrons. The minimum atomic E-state index is -1.17. The minimum Gasteiger partial charge on any atom is -0.505 e. The first-order valence-electron chi connectivity index (χ1n) is 9.99. The van der Waals surface area contributed by atoms with E-state index in [-0.39, 0.29) is 51.5 Å². The van der Waals surface area contributed by atoms with E-state index in [0.29, 0.717) is 0 Å². The van der Waals surface area contributed by atoms with Gasteiger partial charge in [0.2, 0.25) is 5.78 Å². The highest BCUT2D eigenvalue weighted by atomic mass is 16.4. The SMILES string of the molecule is O=C(O)c1ccccc1-c1c(O)c2c(n1Cc1ccccc1)C(=O)c1ccccc1C2=O. The highest BCUT2D eigenvalue weighted by Crippen LogP contribution is 2.43. The second kappa shape index (κ2) is 7.35. The molecule has 0 unspecified atom stereocenters. The predicted molar refractivity (Wildman–Crippen MR) is 117 cm³/mol. The maximum Gasteiger partial charge on any atom is 0.336 e. The van der Waals surface area contributed by atoms with Crippen molar-refractivity contribution in [1.82, 2.24) is 4.57 Å². The zero-order valence-electron chi connectivity index (χ0n) is 16.8. The molecule has 156 valence electrons. The molecule has 1 aliphatic rings. The summed E-state index contributed by atoms with van der Waals surface area (Å²) in [6.45, 7) is 0.175. The summed E-state index contributed by atoms with van der Waals surface area (Å²) in [7, 11) is 0. The van der Waals surface area contributed by atoms with Crippen molar-refractivity contribution in [1.29, 1.82) is 0 Å². The number of nitrogens with zero attached hydrogens (tertiary/aromatic N) is 1. The summed E-state index contributed by atoms with van der Waals surface area (Å²) in [6.07, 6.45) is 0. The molecule has 1 aromatic heterocycles. The Balaban J connectivity index is 1.85. The number of aromatic hydroxyl groups is 1. The van der Waals surface area contributed by atoms with Crippen LogP contribution in [0.1, 0.15) is 47.9 Å². The fourth-order valence-corrected chi connectivity index (χ4v) is 4.27. The van der Waals surface area contributed by atoms with E-state index in [1.165, 1.54) is 6.07 Å². The Morgan fingerprint density at radius 3 is 1.94 bits per heavy atom. The number of fused-ring (bicyclic) bond motifs is 2. The third-order valence-corrected chi connectivity index (χ3v) is 5.69. The maximum atomic E-state index is 13.5. The van der Waals surface area contributed by atoms with Crippen molar-refractivity contribution < 1.29 is 24.6 Å². The number of aromatic nitrogens is 1. The highest BCUT2D eigenvalue weighted by Gasteiger charge is 2.39. The first-order valence-corrected chi connectivity index (χ1v) is 9.99. The van der Waals surface area contributed by atoms with Crippen LogP contribution in [0, 0.1) is 0 Å². The standard InChI is InChI=1S/C26H17NO5/c28-23-17-11-5-6-12-18(17)24(29)22-20(23)25(30)21(16-10-4-7-13-19(16)26(31)32)27(22)14-15-8-2-1-3-9-15/h1-13,30H,14H2,(H,31,32). The molecule has 4 aromatic rings. The van der Waals surface area contributed by atoms with E-state index in [9.17, 15) is 24.6 Å². The van der Waals surface area contributed by atoms with Gasteiger partial charge >= 0.3 is 5.97 Å². The first-order chi connectivity index (χ1) is 15.5. The van der Waals surface area contributed by atoms with Crippen molar-refractivity contribution in [2.24, 2.45) is 0 Å². The summed E-state index contributed by atoms with van der Waals surface area (Å²) >= 11 is 0. The van der Waals surface area contributed by atoms with E-state index in [1.54, 1.807) is 47.0 Å². The van der Waals surface area contributed by atoms with E-state index in [0.717, 1.165) is 5.56 Å². The Morgan fingerprint density at radius 1 is 0.719 bits per heavy atom. The molecule has 1 heterocycles. The number of ketones is 2. The molecule has 0 aliphatic heterocycles. The number of carbonyl (C=O) groups excluding carboxylic acids is 2. The van der Waals surface area contributed by atoms with Crippen molar-refractivity contribution in [3.05, 3.63) is 112 Å². The Labute approximate surface area is 183 Å². The molecule has 0 spiro atoms. The lowest BCUT2D eigenvalue weighted by Gasteiger charge is -2.18. The molecule has 0 saturated carbocycles. The summed E-state index contributed by atoms with van der Waals surface area (Å²) in [6, 6.07) is 22.0. The number of rotatable bonds is 4. The van der Waals surface area contributed by atoms with Gasteiger partial charge in [-0.3, -0.25) is 9.59 Å². The number of carbonyl (C=O) groups is 3. The molecule has 0 atom stereocenters. The molecule has 0 amide bonds. The summed E-state index contributed by atoms with van der Waals surface area (Å²) in [5, 5.41) is 20.9. The third kappa shape index (κ3) is 2.85. The van der Waals surface area contributed by atoms with Crippen LogP contribution in [0.15, 0.2) is 78.9 Å². The third-order valence-electron chi connectivity index (χ3n) is 5.69. The normalized spacial score (nSPS) is 12.4. The lowest BCUT2D eigenvalue weighted by Crippen LogP contribution is -2.23. The van der Waals surface area contributed by atoms with Crippen LogP contribution in [-0.2, 0) is 6.54 Å². The second-order valence-electron chi connectivity index (χ2n) is 7.55. The van der Waals surface area contributed by atoms with Gasteiger partial charge in [0.25, 0.3) is 0 Å². The molecule has 6 heteroatoms. The Hall–Kier alpha value is -4.45. The molecular formula is C26H17NO5. The topological polar surface area (TPSA) is 96.6 Å². The van der Waals surface area contributed by atoms with E-state index >= 15 is 0 Å². The number of carboxylic acids is 1. The maximum absolute atomic E-state index is 13.5. The number of hydrogen-bond acceptors (Lipinski definition) is 4. The molecule has 3 aromatic carbocycles. The molecule has 6 nitrogen and oxygen atoms in total. The minimum absolute atomic E-state index is 0.0376. The van der Waals surface area contributed by atoms with Crippen LogP contribution in [-0.4, -0.2) is 32.3 Å². The monoisotopic (exact) mass is 423 g/mol. The lowest BCUT2D eigenvalue weighted by atomic mass is 9.87. The van der Waals surface area contributed by atoms with Crippen LogP contribution in [0.3, 0.4) is 0 Å². The first kappa shape index (κ1) is 19.5. The molecule has 0 bridgehead atoms. The Bertz CT molecular complexity index is 1420. The van der Waals surface area contributed by atoms with Crippen molar-refractivity contribution in [2.45, 2.75) is 6.54 Å². The number of aromatic carboxylic acids is 1. The zero-order chi connectivity index (χ0) is 22.4. The summed E-state index contributed by atoms with van der Waals surface area (Å²) < 4.78 is 1.55. The summed E-state index contributed by atoms with van der Waals surface area (Å²) in [5.41, 5.74) is 1.59. The van der Waals surface area contributed by atoms with Crippen LogP contribution < -0.4 is 0 Å².